The Balaban J connectivity index is 0. The Morgan fingerprint density at radius 3 is 2.45 bits per heavy atom. The first-order valence-corrected chi connectivity index (χ1v) is 6.38. The molecule has 0 fully saturated rings. The first kappa shape index (κ1) is 21.3. The Labute approximate surface area is 133 Å². The van der Waals surface area contributed by atoms with Crippen molar-refractivity contribution in [1.29, 1.82) is 0 Å². The minimum absolute atomic E-state index is 0. The summed E-state index contributed by atoms with van der Waals surface area (Å²) in [4.78, 5) is 13.6. The zero-order valence-electron chi connectivity index (χ0n) is 12.0. The van der Waals surface area contributed by atoms with Crippen molar-refractivity contribution in [3.63, 3.8) is 0 Å². The molecule has 1 atom stereocenters. The van der Waals surface area contributed by atoms with Gasteiger partial charge in [0.2, 0.25) is 5.91 Å². The molecule has 1 unspecified atom stereocenters. The fraction of sp³-hybridized carbons (Fsp3) is 0.500. The second-order valence-corrected chi connectivity index (χ2v) is 4.62. The number of hydrogen-bond donors (Lipinski definition) is 2. The Bertz CT molecular complexity index is 361. The van der Waals surface area contributed by atoms with E-state index in [0.29, 0.717) is 13.0 Å². The summed E-state index contributed by atoms with van der Waals surface area (Å²) in [6, 6.07) is 10.2. The largest absolute Gasteiger partial charge is 0.373 e. The second kappa shape index (κ2) is 11.8. The van der Waals surface area contributed by atoms with E-state index in [1.807, 2.05) is 32.2 Å². The van der Waals surface area contributed by atoms with Gasteiger partial charge >= 0.3 is 0 Å². The topological polar surface area (TPSA) is 58.4 Å². The lowest BCUT2D eigenvalue weighted by Gasteiger charge is -2.19. The van der Waals surface area contributed by atoms with Crippen LogP contribution in [0.25, 0.3) is 0 Å². The van der Waals surface area contributed by atoms with Crippen LogP contribution in [-0.2, 0) is 4.79 Å². The molecule has 0 aliphatic rings. The number of hydrogen-bond acceptors (Lipinski definition) is 3. The summed E-state index contributed by atoms with van der Waals surface area (Å²) in [5.41, 5.74) is 6.76. The lowest BCUT2D eigenvalue weighted by atomic mass is 10.2. The quantitative estimate of drug-likeness (QED) is 0.809. The van der Waals surface area contributed by atoms with Crippen molar-refractivity contribution in [3.8, 4) is 0 Å². The summed E-state index contributed by atoms with van der Waals surface area (Å²) in [5, 5.41) is 2.90. The van der Waals surface area contributed by atoms with Gasteiger partial charge in [-0.05, 0) is 25.5 Å². The highest BCUT2D eigenvalue weighted by molar-refractivity contribution is 5.85. The van der Waals surface area contributed by atoms with E-state index in [4.69, 9.17) is 5.73 Å². The molecule has 0 bridgehead atoms. The average molecular weight is 322 g/mol. The number of nitrogens with zero attached hydrogens (tertiary/aromatic N) is 1. The molecule has 0 saturated heterocycles. The number of benzene rings is 1. The standard InChI is InChI=1S/C14H23N3O.2ClH/c1-12(15)8-9-14(18)16-10-11-17(2)13-6-4-3-5-7-13;;/h3-7,12H,8-11,15H2,1-2H3,(H,16,18);2*1H. The van der Waals surface area contributed by atoms with E-state index in [9.17, 15) is 4.79 Å². The van der Waals surface area contributed by atoms with E-state index in [2.05, 4.69) is 22.3 Å². The zero-order chi connectivity index (χ0) is 13.4. The summed E-state index contributed by atoms with van der Waals surface area (Å²) in [7, 11) is 2.02. The summed E-state index contributed by atoms with van der Waals surface area (Å²) in [6.07, 6.45) is 1.24. The van der Waals surface area contributed by atoms with Crippen LogP contribution in [0.2, 0.25) is 0 Å². The van der Waals surface area contributed by atoms with Crippen molar-refractivity contribution in [1.82, 2.24) is 5.32 Å². The molecule has 0 saturated carbocycles. The van der Waals surface area contributed by atoms with Crippen LogP contribution in [0.3, 0.4) is 0 Å². The monoisotopic (exact) mass is 321 g/mol. The van der Waals surface area contributed by atoms with Crippen molar-refractivity contribution in [2.24, 2.45) is 5.73 Å². The molecule has 0 aromatic heterocycles. The van der Waals surface area contributed by atoms with E-state index < -0.39 is 0 Å². The van der Waals surface area contributed by atoms with Gasteiger partial charge in [-0.2, -0.15) is 0 Å². The minimum atomic E-state index is 0. The SMILES string of the molecule is CC(N)CCC(=O)NCCN(C)c1ccccc1.Cl.Cl. The minimum Gasteiger partial charge on any atom is -0.373 e. The molecule has 116 valence electrons. The summed E-state index contributed by atoms with van der Waals surface area (Å²) < 4.78 is 0. The van der Waals surface area contributed by atoms with Gasteiger partial charge in [0.15, 0.2) is 0 Å². The smallest absolute Gasteiger partial charge is 0.220 e. The maximum absolute atomic E-state index is 11.5. The molecule has 1 amide bonds. The van der Waals surface area contributed by atoms with Crippen LogP contribution in [0.1, 0.15) is 19.8 Å². The van der Waals surface area contributed by atoms with Crippen LogP contribution in [0, 0.1) is 0 Å². The maximum Gasteiger partial charge on any atom is 0.220 e. The van der Waals surface area contributed by atoms with Gasteiger partial charge in [0, 0.05) is 38.3 Å². The average Bonchev–Trinajstić information content (AvgIpc) is 2.37. The van der Waals surface area contributed by atoms with Crippen LogP contribution in [-0.4, -0.2) is 32.1 Å². The lowest BCUT2D eigenvalue weighted by molar-refractivity contribution is -0.121. The number of carbonyl (C=O) groups excluding carboxylic acids is 1. The van der Waals surface area contributed by atoms with Gasteiger partial charge in [-0.15, -0.1) is 24.8 Å². The Kier molecular flexibility index (Phi) is 12.6. The highest BCUT2D eigenvalue weighted by Crippen LogP contribution is 2.09. The first-order valence-electron chi connectivity index (χ1n) is 6.38. The van der Waals surface area contributed by atoms with Crippen LogP contribution >= 0.6 is 24.8 Å². The van der Waals surface area contributed by atoms with Crippen LogP contribution in [0.5, 0.6) is 0 Å². The molecule has 0 aliphatic heterocycles. The number of rotatable bonds is 7. The number of para-hydroxylation sites is 1. The predicted molar refractivity (Wildman–Crippen MR) is 90.1 cm³/mol. The Hall–Kier alpha value is -0.970. The molecule has 0 aliphatic carbocycles. The number of nitrogens with two attached hydrogens (primary N) is 1. The van der Waals surface area contributed by atoms with Gasteiger partial charge < -0.3 is 16.0 Å². The van der Waals surface area contributed by atoms with Crippen LogP contribution in [0.15, 0.2) is 30.3 Å². The van der Waals surface area contributed by atoms with Crippen molar-refractivity contribution in [2.45, 2.75) is 25.8 Å². The molecule has 1 rings (SSSR count). The van der Waals surface area contributed by atoms with Crippen LogP contribution < -0.4 is 16.0 Å². The Morgan fingerprint density at radius 2 is 1.90 bits per heavy atom. The highest BCUT2D eigenvalue weighted by Gasteiger charge is 2.04. The fourth-order valence-corrected chi connectivity index (χ4v) is 1.62. The lowest BCUT2D eigenvalue weighted by Crippen LogP contribution is -2.33. The third-order valence-electron chi connectivity index (χ3n) is 2.79. The molecular weight excluding hydrogens is 297 g/mol. The van der Waals surface area contributed by atoms with Crippen molar-refractivity contribution >= 4 is 36.4 Å². The third-order valence-corrected chi connectivity index (χ3v) is 2.79. The molecule has 6 heteroatoms. The summed E-state index contributed by atoms with van der Waals surface area (Å²) >= 11 is 0. The van der Waals surface area contributed by atoms with E-state index in [1.54, 1.807) is 0 Å². The molecule has 1 aromatic carbocycles. The second-order valence-electron chi connectivity index (χ2n) is 4.62. The zero-order valence-corrected chi connectivity index (χ0v) is 13.7. The molecule has 0 spiro atoms. The molecule has 0 radical (unpaired) electrons. The molecule has 20 heavy (non-hydrogen) atoms. The number of halogens is 2. The van der Waals surface area contributed by atoms with E-state index in [-0.39, 0.29) is 36.8 Å². The number of carbonyl (C=O) groups is 1. The highest BCUT2D eigenvalue weighted by atomic mass is 35.5. The number of amides is 1. The van der Waals surface area contributed by atoms with Gasteiger partial charge in [-0.1, -0.05) is 18.2 Å². The maximum atomic E-state index is 11.5. The number of nitrogens with one attached hydrogen (secondary N) is 1. The van der Waals surface area contributed by atoms with Gasteiger partial charge in [0.25, 0.3) is 0 Å². The van der Waals surface area contributed by atoms with E-state index in [1.165, 1.54) is 0 Å². The van der Waals surface area contributed by atoms with Gasteiger partial charge in [-0.3, -0.25) is 4.79 Å². The normalized spacial score (nSPS) is 10.8. The van der Waals surface area contributed by atoms with E-state index >= 15 is 0 Å². The van der Waals surface area contributed by atoms with Crippen molar-refractivity contribution in [3.05, 3.63) is 30.3 Å². The first-order chi connectivity index (χ1) is 8.59. The molecular formula is C14H25Cl2N3O. The molecule has 1 aromatic rings. The summed E-state index contributed by atoms with van der Waals surface area (Å²) in [6.45, 7) is 3.37. The number of anilines is 1. The van der Waals surface area contributed by atoms with Gasteiger partial charge in [-0.25, -0.2) is 0 Å². The van der Waals surface area contributed by atoms with Crippen molar-refractivity contribution < 1.29 is 4.79 Å². The molecule has 4 nitrogen and oxygen atoms in total. The summed E-state index contributed by atoms with van der Waals surface area (Å²) in [5.74, 6) is 0.0776. The number of likely N-dealkylation sites (N-methyl/N-ethyl adjacent to an activating group) is 1. The predicted octanol–water partition coefficient (Wildman–Crippen LogP) is 2.21. The third kappa shape index (κ3) is 9.02. The van der Waals surface area contributed by atoms with E-state index in [0.717, 1.165) is 18.7 Å². The van der Waals surface area contributed by atoms with Gasteiger partial charge in [0.05, 0.1) is 0 Å². The molecule has 3 N–H and O–H groups in total. The Morgan fingerprint density at radius 1 is 1.30 bits per heavy atom. The fourth-order valence-electron chi connectivity index (χ4n) is 1.62. The van der Waals surface area contributed by atoms with Gasteiger partial charge in [0.1, 0.15) is 0 Å². The van der Waals surface area contributed by atoms with Crippen LogP contribution in [0.4, 0.5) is 5.69 Å². The van der Waals surface area contributed by atoms with Crippen molar-refractivity contribution in [2.75, 3.05) is 25.0 Å². The molecule has 0 heterocycles.